The number of amides is 1. The van der Waals surface area contributed by atoms with E-state index in [4.69, 9.17) is 0 Å². The lowest BCUT2D eigenvalue weighted by Crippen LogP contribution is -2.45. The van der Waals surface area contributed by atoms with Crippen LogP contribution in [0.5, 0.6) is 0 Å². The summed E-state index contributed by atoms with van der Waals surface area (Å²) in [5.41, 5.74) is 0. The minimum atomic E-state index is -0.672. The molecular weight excluding hydrogens is 747 g/mol. The third-order valence-electron chi connectivity index (χ3n) is 12.3. The van der Waals surface area contributed by atoms with Crippen LogP contribution in [-0.4, -0.2) is 34.9 Å². The number of unbranched alkanes of at least 4 members (excludes halogenated alkanes) is 32. The van der Waals surface area contributed by atoms with E-state index in [1.807, 2.05) is 0 Å². The van der Waals surface area contributed by atoms with Crippen molar-refractivity contribution in [2.75, 3.05) is 6.61 Å². The zero-order valence-corrected chi connectivity index (χ0v) is 40.9. The smallest absolute Gasteiger partial charge is 0.220 e. The number of aliphatic hydroxyl groups excluding tert-OH is 2. The maximum absolute atomic E-state index is 12.5. The van der Waals surface area contributed by atoms with E-state index in [2.05, 4.69) is 79.9 Å². The Morgan fingerprint density at radius 3 is 1.08 bits per heavy atom. The first-order valence-electron chi connectivity index (χ1n) is 27.0. The summed E-state index contributed by atoms with van der Waals surface area (Å²) in [5.74, 6) is -0.0488. The summed E-state index contributed by atoms with van der Waals surface area (Å²) in [6.07, 6.45) is 73.4. The van der Waals surface area contributed by atoms with Crippen LogP contribution in [0, 0.1) is 0 Å². The van der Waals surface area contributed by atoms with Crippen LogP contribution in [0.2, 0.25) is 0 Å². The van der Waals surface area contributed by atoms with Crippen molar-refractivity contribution in [3.63, 3.8) is 0 Å². The molecule has 0 aromatic rings. The lowest BCUT2D eigenvalue weighted by Gasteiger charge is -2.22. The van der Waals surface area contributed by atoms with E-state index in [9.17, 15) is 15.0 Å². The fourth-order valence-electron chi connectivity index (χ4n) is 8.21. The molecule has 356 valence electrons. The molecule has 0 radical (unpaired) electrons. The molecule has 0 saturated carbocycles. The molecule has 2 atom stereocenters. The number of rotatable bonds is 49. The number of hydrogen-bond acceptors (Lipinski definition) is 3. The molecule has 2 unspecified atom stereocenters. The highest BCUT2D eigenvalue weighted by Crippen LogP contribution is 2.17. The van der Waals surface area contributed by atoms with Crippen molar-refractivity contribution >= 4 is 5.91 Å². The van der Waals surface area contributed by atoms with Gasteiger partial charge in [0.25, 0.3) is 0 Å². The fourth-order valence-corrected chi connectivity index (χ4v) is 8.21. The quantitative estimate of drug-likeness (QED) is 0.0422. The van der Waals surface area contributed by atoms with Crippen molar-refractivity contribution in [1.82, 2.24) is 5.32 Å². The second-order valence-electron chi connectivity index (χ2n) is 18.3. The van der Waals surface area contributed by atoms with Gasteiger partial charge < -0.3 is 15.5 Å². The number of aliphatic hydroxyl groups is 2. The van der Waals surface area contributed by atoms with Crippen LogP contribution >= 0.6 is 0 Å². The minimum Gasteiger partial charge on any atom is -0.394 e. The molecular formula is C57H105NO3. The van der Waals surface area contributed by atoms with Crippen molar-refractivity contribution in [2.45, 2.75) is 289 Å². The van der Waals surface area contributed by atoms with E-state index in [1.165, 1.54) is 180 Å². The van der Waals surface area contributed by atoms with Gasteiger partial charge in [-0.15, -0.1) is 0 Å². The zero-order valence-electron chi connectivity index (χ0n) is 40.9. The average Bonchev–Trinajstić information content (AvgIpc) is 3.26. The maximum Gasteiger partial charge on any atom is 0.220 e. The molecule has 0 aliphatic rings. The maximum atomic E-state index is 12.5. The zero-order chi connectivity index (χ0) is 44.2. The van der Waals surface area contributed by atoms with Crippen molar-refractivity contribution in [1.29, 1.82) is 0 Å². The molecule has 0 spiro atoms. The van der Waals surface area contributed by atoms with Crippen LogP contribution in [0.1, 0.15) is 277 Å². The van der Waals surface area contributed by atoms with E-state index >= 15 is 0 Å². The number of carbonyl (C=O) groups excluding carboxylic acids is 1. The lowest BCUT2D eigenvalue weighted by molar-refractivity contribution is -0.123. The Kier molecular flexibility index (Phi) is 50.8. The van der Waals surface area contributed by atoms with Gasteiger partial charge in [0.1, 0.15) is 0 Å². The molecule has 0 aliphatic heterocycles. The summed E-state index contributed by atoms with van der Waals surface area (Å²) in [5, 5.41) is 23.3. The van der Waals surface area contributed by atoms with Crippen LogP contribution in [0.4, 0.5) is 0 Å². The van der Waals surface area contributed by atoms with Crippen LogP contribution < -0.4 is 5.32 Å². The van der Waals surface area contributed by atoms with Crippen LogP contribution in [0.15, 0.2) is 60.8 Å². The van der Waals surface area contributed by atoms with Crippen LogP contribution in [0.25, 0.3) is 0 Å². The van der Waals surface area contributed by atoms with E-state index in [0.717, 1.165) is 70.6 Å². The van der Waals surface area contributed by atoms with Gasteiger partial charge in [-0.25, -0.2) is 0 Å². The van der Waals surface area contributed by atoms with Crippen LogP contribution in [-0.2, 0) is 4.79 Å². The summed E-state index contributed by atoms with van der Waals surface area (Å²) >= 11 is 0. The van der Waals surface area contributed by atoms with Crippen molar-refractivity contribution < 1.29 is 15.0 Å². The number of allylic oxidation sites excluding steroid dienone is 10. The molecule has 0 heterocycles. The standard InChI is InChI=1S/C57H105NO3/c1-3-5-7-9-11-13-15-17-19-21-23-25-26-27-28-29-30-31-33-34-36-38-40-42-44-46-48-50-52-56(60)55(54-59)58-57(61)53-51-49-47-45-43-41-39-37-35-32-24-22-20-18-16-14-12-10-8-6-4-2/h6,8,12,14,18,20,24,32,37,39,55-56,59-60H,3-5,7,9-11,13,15-17,19,21-23,25-31,33-36,38,40-54H2,1-2H3,(H,58,61)/b8-6-,14-12-,20-18-,32-24-,39-37-. The van der Waals surface area contributed by atoms with Crippen LogP contribution in [0.3, 0.4) is 0 Å². The number of nitrogens with one attached hydrogen (secondary N) is 1. The van der Waals surface area contributed by atoms with Crippen molar-refractivity contribution in [3.8, 4) is 0 Å². The third-order valence-corrected chi connectivity index (χ3v) is 12.3. The van der Waals surface area contributed by atoms with Gasteiger partial charge in [-0.05, 0) is 57.8 Å². The molecule has 0 fully saturated rings. The number of carbonyl (C=O) groups is 1. The first-order chi connectivity index (χ1) is 30.2. The second-order valence-corrected chi connectivity index (χ2v) is 18.3. The second kappa shape index (κ2) is 52.4. The molecule has 61 heavy (non-hydrogen) atoms. The molecule has 0 rings (SSSR count). The Morgan fingerprint density at radius 2 is 0.721 bits per heavy atom. The normalized spacial score (nSPS) is 13.3. The van der Waals surface area contributed by atoms with E-state index < -0.39 is 12.1 Å². The van der Waals surface area contributed by atoms with Gasteiger partial charge in [-0.3, -0.25) is 4.79 Å². The summed E-state index contributed by atoms with van der Waals surface area (Å²) in [6, 6.07) is -0.551. The molecule has 0 aromatic heterocycles. The van der Waals surface area contributed by atoms with Crippen molar-refractivity contribution in [3.05, 3.63) is 60.8 Å². The number of hydrogen-bond donors (Lipinski definition) is 3. The van der Waals surface area contributed by atoms with E-state index in [0.29, 0.717) is 12.8 Å². The molecule has 0 aliphatic carbocycles. The Balaban J connectivity index is 3.49. The largest absolute Gasteiger partial charge is 0.394 e. The fraction of sp³-hybridized carbons (Fsp3) is 0.807. The molecule has 1 amide bonds. The first-order valence-corrected chi connectivity index (χ1v) is 27.0. The Labute approximate surface area is 381 Å². The molecule has 4 nitrogen and oxygen atoms in total. The highest BCUT2D eigenvalue weighted by molar-refractivity contribution is 5.76. The SMILES string of the molecule is CC/C=C\C/C=C\C/C=C\C/C=C\C/C=C\CCCCCCCC(=O)NC(CO)C(O)CCCCCCCCCCCCCCCCCCCCCCCCCCCCCC. The van der Waals surface area contributed by atoms with Crippen molar-refractivity contribution in [2.24, 2.45) is 0 Å². The molecule has 3 N–H and O–H groups in total. The van der Waals surface area contributed by atoms with Gasteiger partial charge in [-0.2, -0.15) is 0 Å². The van der Waals surface area contributed by atoms with Gasteiger partial charge in [0, 0.05) is 6.42 Å². The third kappa shape index (κ3) is 49.0. The molecule has 0 bridgehead atoms. The predicted molar refractivity (Wildman–Crippen MR) is 271 cm³/mol. The van der Waals surface area contributed by atoms with Gasteiger partial charge in [-0.1, -0.05) is 274 Å². The summed E-state index contributed by atoms with van der Waals surface area (Å²) in [7, 11) is 0. The average molecular weight is 852 g/mol. The van der Waals surface area contributed by atoms with E-state index in [1.54, 1.807) is 0 Å². The lowest BCUT2D eigenvalue weighted by atomic mass is 10.0. The molecule has 4 heteroatoms. The summed E-state index contributed by atoms with van der Waals surface area (Å²) in [6.45, 7) is 4.26. The Morgan fingerprint density at radius 1 is 0.410 bits per heavy atom. The highest BCUT2D eigenvalue weighted by Gasteiger charge is 2.20. The molecule has 0 saturated heterocycles. The Bertz CT molecular complexity index is 1010. The summed E-state index contributed by atoms with van der Waals surface area (Å²) in [4.78, 5) is 12.5. The monoisotopic (exact) mass is 852 g/mol. The van der Waals surface area contributed by atoms with Gasteiger partial charge in [0.2, 0.25) is 5.91 Å². The molecule has 0 aromatic carbocycles. The van der Waals surface area contributed by atoms with Gasteiger partial charge in [0.15, 0.2) is 0 Å². The van der Waals surface area contributed by atoms with E-state index in [-0.39, 0.29) is 12.5 Å². The van der Waals surface area contributed by atoms with Gasteiger partial charge >= 0.3 is 0 Å². The predicted octanol–water partition coefficient (Wildman–Crippen LogP) is 17.6. The van der Waals surface area contributed by atoms with Gasteiger partial charge in [0.05, 0.1) is 18.8 Å². The Hall–Kier alpha value is -1.91. The topological polar surface area (TPSA) is 69.6 Å². The highest BCUT2D eigenvalue weighted by atomic mass is 16.3. The summed E-state index contributed by atoms with van der Waals surface area (Å²) < 4.78 is 0. The first kappa shape index (κ1) is 59.1. The minimum absolute atomic E-state index is 0.0488.